The predicted molar refractivity (Wildman–Crippen MR) is 89.3 cm³/mol. The van der Waals surface area contributed by atoms with E-state index in [4.69, 9.17) is 18.9 Å². The van der Waals surface area contributed by atoms with Crippen molar-refractivity contribution in [3.05, 3.63) is 0 Å². The second-order valence-electron chi connectivity index (χ2n) is 7.71. The zero-order valence-electron chi connectivity index (χ0n) is 15.5. The summed E-state index contributed by atoms with van der Waals surface area (Å²) in [4.78, 5) is 0. The first-order valence-electron chi connectivity index (χ1n) is 8.68. The lowest BCUT2D eigenvalue weighted by molar-refractivity contribution is -0.131. The molecule has 1 aliphatic rings. The van der Waals surface area contributed by atoms with Crippen LogP contribution < -0.4 is 0 Å². The first kappa shape index (κ1) is 19.9. The molecule has 0 N–H and O–H groups in total. The summed E-state index contributed by atoms with van der Waals surface area (Å²) in [6, 6.07) is 0. The van der Waals surface area contributed by atoms with Crippen molar-refractivity contribution in [2.75, 3.05) is 39.6 Å². The molecule has 1 aliphatic heterocycles. The summed E-state index contributed by atoms with van der Waals surface area (Å²) in [7, 11) is 0. The van der Waals surface area contributed by atoms with Crippen LogP contribution in [0.1, 0.15) is 60.8 Å². The molecule has 0 atom stereocenters. The van der Waals surface area contributed by atoms with E-state index in [-0.39, 0.29) is 16.6 Å². The Kier molecular flexibility index (Phi) is 7.80. The van der Waals surface area contributed by atoms with Crippen LogP contribution in [0, 0.1) is 5.41 Å². The van der Waals surface area contributed by atoms with Gasteiger partial charge in [0.15, 0.2) is 0 Å². The minimum Gasteiger partial charge on any atom is -0.378 e. The second-order valence-corrected chi connectivity index (χ2v) is 7.71. The van der Waals surface area contributed by atoms with Crippen LogP contribution in [0.5, 0.6) is 0 Å². The van der Waals surface area contributed by atoms with Gasteiger partial charge in [-0.25, -0.2) is 0 Å². The van der Waals surface area contributed by atoms with Crippen LogP contribution in [0.4, 0.5) is 0 Å². The van der Waals surface area contributed by atoms with E-state index in [1.54, 1.807) is 0 Å². The minimum absolute atomic E-state index is 0.106. The van der Waals surface area contributed by atoms with Crippen LogP contribution in [0.3, 0.4) is 0 Å². The van der Waals surface area contributed by atoms with Crippen molar-refractivity contribution in [2.24, 2.45) is 5.41 Å². The Morgan fingerprint density at radius 3 is 1.45 bits per heavy atom. The lowest BCUT2D eigenvalue weighted by Gasteiger charge is -2.36. The maximum atomic E-state index is 6.01. The van der Waals surface area contributed by atoms with Crippen LogP contribution >= 0.6 is 0 Å². The Morgan fingerprint density at radius 2 is 1.09 bits per heavy atom. The van der Waals surface area contributed by atoms with Gasteiger partial charge >= 0.3 is 0 Å². The van der Waals surface area contributed by atoms with Crippen LogP contribution in [-0.2, 0) is 18.9 Å². The number of ether oxygens (including phenoxy) is 4. The summed E-state index contributed by atoms with van der Waals surface area (Å²) in [5.74, 6) is 0. The first-order chi connectivity index (χ1) is 10.2. The molecule has 0 bridgehead atoms. The highest BCUT2D eigenvalue weighted by molar-refractivity contribution is 4.81. The lowest BCUT2D eigenvalue weighted by atomic mass is 9.84. The van der Waals surface area contributed by atoms with Gasteiger partial charge in [-0.3, -0.25) is 0 Å². The lowest BCUT2D eigenvalue weighted by Crippen LogP contribution is -2.39. The molecule has 0 radical (unpaired) electrons. The summed E-state index contributed by atoms with van der Waals surface area (Å²) in [5.41, 5.74) is -0.329. The summed E-state index contributed by atoms with van der Waals surface area (Å²) >= 11 is 0. The Hall–Kier alpha value is -0.160. The van der Waals surface area contributed by atoms with Crippen molar-refractivity contribution < 1.29 is 18.9 Å². The van der Waals surface area contributed by atoms with Crippen molar-refractivity contribution in [3.63, 3.8) is 0 Å². The van der Waals surface area contributed by atoms with E-state index in [2.05, 4.69) is 41.5 Å². The van der Waals surface area contributed by atoms with Crippen LogP contribution in [0.25, 0.3) is 0 Å². The molecule has 0 aromatic heterocycles. The van der Waals surface area contributed by atoms with Gasteiger partial charge in [0.1, 0.15) is 0 Å². The van der Waals surface area contributed by atoms with Gasteiger partial charge in [0, 0.05) is 11.8 Å². The average molecular weight is 316 g/mol. The number of hydrogen-bond donors (Lipinski definition) is 0. The molecule has 4 nitrogen and oxygen atoms in total. The smallest absolute Gasteiger partial charge is 0.0707 e. The molecule has 0 spiro atoms. The van der Waals surface area contributed by atoms with Crippen LogP contribution in [0.15, 0.2) is 0 Å². The van der Waals surface area contributed by atoms with Crippen molar-refractivity contribution in [3.8, 4) is 0 Å². The molecular formula is C18H36O4. The monoisotopic (exact) mass is 316 g/mol. The van der Waals surface area contributed by atoms with Gasteiger partial charge in [-0.15, -0.1) is 0 Å². The molecule has 22 heavy (non-hydrogen) atoms. The average Bonchev–Trinajstić information content (AvgIpc) is 2.42. The van der Waals surface area contributed by atoms with E-state index in [1.807, 2.05) is 0 Å². The highest BCUT2D eigenvalue weighted by atomic mass is 16.6. The quantitative estimate of drug-likeness (QED) is 0.776. The van der Waals surface area contributed by atoms with Crippen molar-refractivity contribution in [1.82, 2.24) is 0 Å². The molecule has 1 saturated heterocycles. The zero-order valence-corrected chi connectivity index (χ0v) is 15.5. The standard InChI is InChI=1S/C18H36O4/c1-7-18(8-2)14-19-9-11-21-16(3,4)13-17(5,6)22-12-10-20-15-18/h7-15H2,1-6H3. The normalized spacial score (nSPS) is 27.0. The van der Waals surface area contributed by atoms with Gasteiger partial charge in [0.25, 0.3) is 0 Å². The van der Waals surface area contributed by atoms with E-state index in [1.165, 1.54) is 0 Å². The molecule has 0 amide bonds. The van der Waals surface area contributed by atoms with E-state index in [0.717, 1.165) is 32.5 Å². The van der Waals surface area contributed by atoms with Gasteiger partial charge in [-0.2, -0.15) is 0 Å². The molecule has 1 rings (SSSR count). The van der Waals surface area contributed by atoms with Crippen molar-refractivity contribution >= 4 is 0 Å². The van der Waals surface area contributed by atoms with E-state index >= 15 is 0 Å². The summed E-state index contributed by atoms with van der Waals surface area (Å²) in [6.07, 6.45) is 2.96. The highest BCUT2D eigenvalue weighted by Gasteiger charge is 2.31. The largest absolute Gasteiger partial charge is 0.378 e. The van der Waals surface area contributed by atoms with E-state index in [9.17, 15) is 0 Å². The molecule has 0 saturated carbocycles. The molecule has 0 aromatic carbocycles. The highest BCUT2D eigenvalue weighted by Crippen LogP contribution is 2.29. The fourth-order valence-corrected chi connectivity index (χ4v) is 3.16. The maximum Gasteiger partial charge on any atom is 0.0707 e. The third kappa shape index (κ3) is 6.95. The molecule has 0 aliphatic carbocycles. The topological polar surface area (TPSA) is 36.9 Å². The fraction of sp³-hybridized carbons (Fsp3) is 1.00. The molecule has 1 fully saturated rings. The SMILES string of the molecule is CCC1(CC)COCCOC(C)(C)CC(C)(C)OCCOC1. The predicted octanol–water partition coefficient (Wildman–Crippen LogP) is 3.82. The molecular weight excluding hydrogens is 280 g/mol. The molecule has 0 unspecified atom stereocenters. The molecule has 0 aromatic rings. The third-order valence-electron chi connectivity index (χ3n) is 4.61. The maximum absolute atomic E-state index is 6.01. The van der Waals surface area contributed by atoms with Gasteiger partial charge < -0.3 is 18.9 Å². The Bertz CT molecular complexity index is 282. The molecule has 1 heterocycles. The van der Waals surface area contributed by atoms with Gasteiger partial charge in [0.2, 0.25) is 0 Å². The fourth-order valence-electron chi connectivity index (χ4n) is 3.16. The van der Waals surface area contributed by atoms with Crippen LogP contribution in [0.2, 0.25) is 0 Å². The Labute approximate surface area is 136 Å². The van der Waals surface area contributed by atoms with Gasteiger partial charge in [0.05, 0.1) is 50.8 Å². The summed E-state index contributed by atoms with van der Waals surface area (Å²) in [5, 5.41) is 0. The Balaban J connectivity index is 2.67. The van der Waals surface area contributed by atoms with Gasteiger partial charge in [-0.05, 0) is 40.5 Å². The number of hydrogen-bond acceptors (Lipinski definition) is 4. The first-order valence-corrected chi connectivity index (χ1v) is 8.68. The zero-order chi connectivity index (χ0) is 16.7. The minimum atomic E-state index is -0.218. The summed E-state index contributed by atoms with van der Waals surface area (Å²) in [6.45, 7) is 16.8. The molecule has 132 valence electrons. The van der Waals surface area contributed by atoms with Crippen LogP contribution in [-0.4, -0.2) is 50.8 Å². The van der Waals surface area contributed by atoms with Crippen molar-refractivity contribution in [2.45, 2.75) is 72.0 Å². The second kappa shape index (κ2) is 8.62. The number of rotatable bonds is 2. The Morgan fingerprint density at radius 1 is 0.682 bits per heavy atom. The van der Waals surface area contributed by atoms with E-state index < -0.39 is 0 Å². The van der Waals surface area contributed by atoms with Gasteiger partial charge in [-0.1, -0.05) is 13.8 Å². The third-order valence-corrected chi connectivity index (χ3v) is 4.61. The van der Waals surface area contributed by atoms with E-state index in [0.29, 0.717) is 26.4 Å². The molecule has 4 heteroatoms. The summed E-state index contributed by atoms with van der Waals surface area (Å²) < 4.78 is 23.8. The van der Waals surface area contributed by atoms with Crippen molar-refractivity contribution in [1.29, 1.82) is 0 Å².